The van der Waals surface area contributed by atoms with Gasteiger partial charge in [-0.15, -0.1) is 0 Å². The molecule has 3 rings (SSSR count). The Balaban J connectivity index is 1.67. The summed E-state index contributed by atoms with van der Waals surface area (Å²) in [6.45, 7) is 6.64. The van der Waals surface area contributed by atoms with Crippen LogP contribution < -0.4 is 5.32 Å². The summed E-state index contributed by atoms with van der Waals surface area (Å²) in [7, 11) is 0. The summed E-state index contributed by atoms with van der Waals surface area (Å²) in [6, 6.07) is 0.0787. The predicted molar refractivity (Wildman–Crippen MR) is 69.2 cm³/mol. The van der Waals surface area contributed by atoms with Gasteiger partial charge in [-0.25, -0.2) is 0 Å². The van der Waals surface area contributed by atoms with Crippen LogP contribution in [-0.4, -0.2) is 48.7 Å². The summed E-state index contributed by atoms with van der Waals surface area (Å²) >= 11 is 0. The minimum atomic E-state index is 0.0787. The van der Waals surface area contributed by atoms with E-state index in [0.717, 1.165) is 25.6 Å². The lowest BCUT2D eigenvalue weighted by Crippen LogP contribution is -2.54. The van der Waals surface area contributed by atoms with E-state index in [0.29, 0.717) is 11.8 Å². The Labute approximate surface area is 109 Å². The van der Waals surface area contributed by atoms with Crippen LogP contribution in [0.3, 0.4) is 0 Å². The number of fused-ring (bicyclic) bond motifs is 1. The van der Waals surface area contributed by atoms with Crippen molar-refractivity contribution in [1.29, 1.82) is 0 Å². The normalized spacial score (nSPS) is 44.1. The van der Waals surface area contributed by atoms with Crippen molar-refractivity contribution in [3.63, 3.8) is 0 Å². The molecule has 5 atom stereocenters. The van der Waals surface area contributed by atoms with Crippen LogP contribution in [0.2, 0.25) is 0 Å². The number of hydrogen-bond donors (Lipinski definition) is 1. The van der Waals surface area contributed by atoms with Gasteiger partial charge >= 0.3 is 0 Å². The Morgan fingerprint density at radius 1 is 1.22 bits per heavy atom. The number of amides is 1. The molecule has 0 aromatic rings. The molecule has 2 aliphatic heterocycles. The lowest BCUT2D eigenvalue weighted by molar-refractivity contribution is -0.146. The van der Waals surface area contributed by atoms with Crippen LogP contribution in [0.5, 0.6) is 0 Å². The molecule has 18 heavy (non-hydrogen) atoms. The largest absolute Gasteiger partial charge is 0.372 e. The van der Waals surface area contributed by atoms with E-state index in [2.05, 4.69) is 19.2 Å². The van der Waals surface area contributed by atoms with Gasteiger partial charge in [0.15, 0.2) is 0 Å². The summed E-state index contributed by atoms with van der Waals surface area (Å²) in [6.07, 6.45) is 4.16. The Morgan fingerprint density at radius 3 is 2.67 bits per heavy atom. The molecular formula is C14H24N2O2. The number of hydrogen-bond acceptors (Lipinski definition) is 3. The number of nitrogens with zero attached hydrogens (tertiary/aromatic N) is 1. The van der Waals surface area contributed by atoms with Crippen molar-refractivity contribution in [2.75, 3.05) is 19.6 Å². The molecule has 3 fully saturated rings. The zero-order valence-electron chi connectivity index (χ0n) is 11.4. The van der Waals surface area contributed by atoms with Crippen LogP contribution in [0.15, 0.2) is 0 Å². The monoisotopic (exact) mass is 252 g/mol. The van der Waals surface area contributed by atoms with E-state index in [1.807, 2.05) is 4.90 Å². The summed E-state index contributed by atoms with van der Waals surface area (Å²) in [5.74, 6) is 1.65. The van der Waals surface area contributed by atoms with Gasteiger partial charge in [-0.3, -0.25) is 4.79 Å². The first-order valence-corrected chi connectivity index (χ1v) is 7.33. The quantitative estimate of drug-likeness (QED) is 0.757. The highest BCUT2D eigenvalue weighted by molar-refractivity contribution is 5.83. The second kappa shape index (κ2) is 4.82. The number of morpholine rings is 1. The lowest BCUT2D eigenvalue weighted by atomic mass is 9.93. The van der Waals surface area contributed by atoms with Crippen LogP contribution in [0.4, 0.5) is 0 Å². The third kappa shape index (κ3) is 2.16. The number of carbonyl (C=O) groups excluding carboxylic acids is 1. The molecule has 5 unspecified atom stereocenters. The maximum atomic E-state index is 12.6. The fourth-order valence-electron chi connectivity index (χ4n) is 4.01. The molecule has 4 nitrogen and oxygen atoms in total. The zero-order chi connectivity index (χ0) is 12.7. The van der Waals surface area contributed by atoms with Gasteiger partial charge in [0.05, 0.1) is 18.2 Å². The van der Waals surface area contributed by atoms with Gasteiger partial charge in [0.2, 0.25) is 5.91 Å². The highest BCUT2D eigenvalue weighted by atomic mass is 16.5. The molecule has 1 amide bonds. The van der Waals surface area contributed by atoms with E-state index >= 15 is 0 Å². The van der Waals surface area contributed by atoms with Gasteiger partial charge in [0.1, 0.15) is 0 Å². The molecule has 1 aliphatic carbocycles. The first kappa shape index (κ1) is 12.4. The van der Waals surface area contributed by atoms with Crippen LogP contribution >= 0.6 is 0 Å². The van der Waals surface area contributed by atoms with Crippen molar-refractivity contribution in [2.24, 2.45) is 11.8 Å². The molecule has 0 spiro atoms. The number of ether oxygens (including phenoxy) is 1. The molecule has 0 aromatic heterocycles. The number of rotatable bonds is 1. The second-order valence-electron chi connectivity index (χ2n) is 6.24. The highest BCUT2D eigenvalue weighted by Gasteiger charge is 2.44. The molecule has 2 heterocycles. The van der Waals surface area contributed by atoms with E-state index in [1.165, 1.54) is 19.3 Å². The zero-order valence-corrected chi connectivity index (χ0v) is 11.4. The molecule has 4 heteroatoms. The van der Waals surface area contributed by atoms with Crippen LogP contribution in [0.1, 0.15) is 33.1 Å². The topological polar surface area (TPSA) is 41.6 Å². The van der Waals surface area contributed by atoms with Crippen molar-refractivity contribution in [2.45, 2.75) is 51.4 Å². The van der Waals surface area contributed by atoms with Gasteiger partial charge < -0.3 is 15.0 Å². The maximum Gasteiger partial charge on any atom is 0.240 e. The van der Waals surface area contributed by atoms with Gasteiger partial charge in [-0.1, -0.05) is 6.42 Å². The van der Waals surface area contributed by atoms with Crippen molar-refractivity contribution in [1.82, 2.24) is 10.2 Å². The van der Waals surface area contributed by atoms with Gasteiger partial charge in [-0.05, 0) is 45.1 Å². The minimum absolute atomic E-state index is 0.0787. The molecule has 2 saturated heterocycles. The van der Waals surface area contributed by atoms with Crippen molar-refractivity contribution < 1.29 is 9.53 Å². The fourth-order valence-corrected chi connectivity index (χ4v) is 4.01. The Bertz CT molecular complexity index is 324. The highest BCUT2D eigenvalue weighted by Crippen LogP contribution is 2.38. The lowest BCUT2D eigenvalue weighted by Gasteiger charge is -2.37. The SMILES string of the molecule is CC1CN(C(=O)C2NCC3CCCC32)CC(C)O1. The van der Waals surface area contributed by atoms with Crippen LogP contribution in [0.25, 0.3) is 0 Å². The average Bonchev–Trinajstić information content (AvgIpc) is 2.88. The summed E-state index contributed by atoms with van der Waals surface area (Å²) in [5, 5.41) is 3.45. The van der Waals surface area contributed by atoms with E-state index in [1.54, 1.807) is 0 Å². The van der Waals surface area contributed by atoms with Crippen molar-refractivity contribution in [3.05, 3.63) is 0 Å². The molecule has 102 valence electrons. The number of nitrogens with one attached hydrogen (secondary N) is 1. The van der Waals surface area contributed by atoms with E-state index in [4.69, 9.17) is 4.74 Å². The molecule has 0 bridgehead atoms. The standard InChI is InChI=1S/C14H24N2O2/c1-9-7-16(8-10(2)18-9)14(17)13-12-5-3-4-11(12)6-15-13/h9-13,15H,3-8H2,1-2H3. The first-order chi connectivity index (χ1) is 8.65. The fraction of sp³-hybridized carbons (Fsp3) is 0.929. The van der Waals surface area contributed by atoms with E-state index in [-0.39, 0.29) is 18.2 Å². The van der Waals surface area contributed by atoms with Gasteiger partial charge in [-0.2, -0.15) is 0 Å². The van der Waals surface area contributed by atoms with Crippen LogP contribution in [-0.2, 0) is 9.53 Å². The number of carbonyl (C=O) groups is 1. The first-order valence-electron chi connectivity index (χ1n) is 7.33. The van der Waals surface area contributed by atoms with Gasteiger partial charge in [0, 0.05) is 13.1 Å². The Kier molecular flexibility index (Phi) is 3.32. The Hall–Kier alpha value is -0.610. The second-order valence-corrected chi connectivity index (χ2v) is 6.24. The van der Waals surface area contributed by atoms with Crippen molar-refractivity contribution >= 4 is 5.91 Å². The van der Waals surface area contributed by atoms with Crippen molar-refractivity contribution in [3.8, 4) is 0 Å². The molecule has 1 N–H and O–H groups in total. The smallest absolute Gasteiger partial charge is 0.240 e. The molecule has 0 aromatic carbocycles. The third-order valence-corrected chi connectivity index (χ3v) is 4.74. The summed E-state index contributed by atoms with van der Waals surface area (Å²) in [4.78, 5) is 14.7. The molecule has 3 aliphatic rings. The van der Waals surface area contributed by atoms with E-state index in [9.17, 15) is 4.79 Å². The minimum Gasteiger partial charge on any atom is -0.372 e. The summed E-state index contributed by atoms with van der Waals surface area (Å²) < 4.78 is 5.70. The molecular weight excluding hydrogens is 228 g/mol. The molecule has 1 saturated carbocycles. The average molecular weight is 252 g/mol. The summed E-state index contributed by atoms with van der Waals surface area (Å²) in [5.41, 5.74) is 0. The van der Waals surface area contributed by atoms with Crippen LogP contribution in [0, 0.1) is 11.8 Å². The Morgan fingerprint density at radius 2 is 1.94 bits per heavy atom. The van der Waals surface area contributed by atoms with Gasteiger partial charge in [0.25, 0.3) is 0 Å². The van der Waals surface area contributed by atoms with E-state index < -0.39 is 0 Å². The maximum absolute atomic E-state index is 12.6. The molecule has 0 radical (unpaired) electrons. The third-order valence-electron chi connectivity index (χ3n) is 4.74. The predicted octanol–water partition coefficient (Wildman–Crippen LogP) is 1.01.